The quantitative estimate of drug-likeness (QED) is 0.504. The Balaban J connectivity index is 1.68. The van der Waals surface area contributed by atoms with E-state index in [1.54, 1.807) is 4.90 Å². The number of aromatic amines is 1. The third kappa shape index (κ3) is 3.71. The Bertz CT molecular complexity index is 1300. The average molecular weight is 492 g/mol. The predicted octanol–water partition coefficient (Wildman–Crippen LogP) is 3.38. The zero-order chi connectivity index (χ0) is 25.4. The number of aliphatic hydroxyl groups is 1. The molecule has 3 heterocycles. The maximum atomic E-state index is 13.7. The molecule has 0 radical (unpaired) electrons. The van der Waals surface area contributed by atoms with Gasteiger partial charge in [-0.3, -0.25) is 9.59 Å². The van der Waals surface area contributed by atoms with E-state index in [0.29, 0.717) is 31.3 Å². The fraction of sp³-hybridized carbons (Fsp3) is 0.429. The van der Waals surface area contributed by atoms with Gasteiger partial charge in [-0.25, -0.2) is 0 Å². The molecule has 2 aromatic carbocycles. The summed E-state index contributed by atoms with van der Waals surface area (Å²) >= 11 is 0. The number of fused-ring (bicyclic) bond motifs is 5. The van der Waals surface area contributed by atoms with Gasteiger partial charge in [0.1, 0.15) is 0 Å². The van der Waals surface area contributed by atoms with Gasteiger partial charge in [-0.05, 0) is 49.6 Å². The van der Waals surface area contributed by atoms with E-state index in [-0.39, 0.29) is 37.4 Å². The molecule has 0 saturated carbocycles. The van der Waals surface area contributed by atoms with Gasteiger partial charge in [0, 0.05) is 29.9 Å². The monoisotopic (exact) mass is 491 g/mol. The number of para-hydroxylation sites is 1. The highest BCUT2D eigenvalue weighted by Crippen LogP contribution is 2.48. The first-order valence-corrected chi connectivity index (χ1v) is 12.6. The van der Waals surface area contributed by atoms with E-state index in [4.69, 9.17) is 9.47 Å². The Morgan fingerprint density at radius 3 is 2.67 bits per heavy atom. The van der Waals surface area contributed by atoms with Crippen molar-refractivity contribution in [3.8, 4) is 11.5 Å². The number of carbonyl (C=O) groups excluding carboxylic acids is 2. The first kappa shape index (κ1) is 24.2. The molecule has 36 heavy (non-hydrogen) atoms. The van der Waals surface area contributed by atoms with Crippen molar-refractivity contribution >= 4 is 22.7 Å². The topological polar surface area (TPSA) is 95.1 Å². The predicted molar refractivity (Wildman–Crippen MR) is 136 cm³/mol. The summed E-state index contributed by atoms with van der Waals surface area (Å²) in [5.41, 5.74) is 2.48. The summed E-state index contributed by atoms with van der Waals surface area (Å²) in [4.78, 5) is 33.8. The summed E-state index contributed by atoms with van der Waals surface area (Å²) < 4.78 is 11.8. The van der Waals surface area contributed by atoms with Crippen LogP contribution in [-0.2, 0) is 15.1 Å². The van der Waals surface area contributed by atoms with E-state index >= 15 is 0 Å². The van der Waals surface area contributed by atoms with Gasteiger partial charge in [0.2, 0.25) is 5.91 Å². The lowest BCUT2D eigenvalue weighted by Gasteiger charge is -2.51. The molecule has 190 valence electrons. The molecule has 2 N–H and O–H groups in total. The van der Waals surface area contributed by atoms with Gasteiger partial charge in [0.05, 0.1) is 32.1 Å². The van der Waals surface area contributed by atoms with Gasteiger partial charge in [-0.1, -0.05) is 31.2 Å². The third-order valence-electron chi connectivity index (χ3n) is 7.32. The number of nitrogens with one attached hydrogen (secondary N) is 1. The molecular formula is C28H33N3O5. The van der Waals surface area contributed by atoms with Crippen LogP contribution in [0.3, 0.4) is 0 Å². The van der Waals surface area contributed by atoms with Crippen LogP contribution in [0.1, 0.15) is 49.9 Å². The van der Waals surface area contributed by atoms with Crippen LogP contribution in [0, 0.1) is 0 Å². The van der Waals surface area contributed by atoms with Crippen LogP contribution in [0.4, 0.5) is 0 Å². The van der Waals surface area contributed by atoms with Crippen molar-refractivity contribution in [3.63, 3.8) is 0 Å². The summed E-state index contributed by atoms with van der Waals surface area (Å²) in [5.74, 6) is 0.901. The minimum absolute atomic E-state index is 0.0365. The minimum atomic E-state index is -1.18. The lowest BCUT2D eigenvalue weighted by atomic mass is 9.76. The Hall–Kier alpha value is -3.52. The summed E-state index contributed by atoms with van der Waals surface area (Å²) in [6.45, 7) is 7.19. The molecule has 8 nitrogen and oxygen atoms in total. The Labute approximate surface area is 210 Å². The van der Waals surface area contributed by atoms with Crippen molar-refractivity contribution < 1.29 is 24.2 Å². The number of hydrogen-bond acceptors (Lipinski definition) is 5. The number of hydrogen-bond donors (Lipinski definition) is 2. The van der Waals surface area contributed by atoms with Crippen LogP contribution in [-0.4, -0.2) is 71.2 Å². The molecule has 8 heteroatoms. The molecule has 2 amide bonds. The van der Waals surface area contributed by atoms with E-state index in [2.05, 4.69) is 18.0 Å². The molecule has 1 fully saturated rings. The van der Waals surface area contributed by atoms with Crippen molar-refractivity contribution in [1.82, 2.24) is 14.8 Å². The van der Waals surface area contributed by atoms with Gasteiger partial charge in [0.15, 0.2) is 17.0 Å². The molecule has 0 unspecified atom stereocenters. The standard InChI is InChI=1S/C28H33N3O5/c1-4-14-36-22-11-10-18(15-23(22)35-5-2)20-16-31-24(33)17-30(12-13-32)27(34)28(31,3)26-25(20)19-8-6-7-9-21(19)29-26/h6-11,15,20,29,32H,4-5,12-14,16-17H2,1-3H3/t20-,28+/m1/s1. The van der Waals surface area contributed by atoms with Crippen molar-refractivity contribution in [2.24, 2.45) is 0 Å². The van der Waals surface area contributed by atoms with Gasteiger partial charge in [-0.2, -0.15) is 0 Å². The second-order valence-corrected chi connectivity index (χ2v) is 9.53. The SMILES string of the molecule is CCCOc1ccc([C@H]2CN3C(=O)CN(CCO)C(=O)[C@]3(C)c3[nH]c4ccccc4c32)cc1OCC. The Morgan fingerprint density at radius 2 is 1.92 bits per heavy atom. The van der Waals surface area contributed by atoms with Gasteiger partial charge in [-0.15, -0.1) is 0 Å². The summed E-state index contributed by atoms with van der Waals surface area (Å²) in [6, 6.07) is 14.0. The van der Waals surface area contributed by atoms with Crippen molar-refractivity contribution in [3.05, 3.63) is 59.3 Å². The first-order chi connectivity index (χ1) is 17.4. The fourth-order valence-corrected chi connectivity index (χ4v) is 5.62. The van der Waals surface area contributed by atoms with Crippen molar-refractivity contribution in [2.75, 3.05) is 39.5 Å². The number of piperazine rings is 1. The molecule has 0 spiro atoms. The van der Waals surface area contributed by atoms with Crippen molar-refractivity contribution in [2.45, 2.75) is 38.6 Å². The lowest BCUT2D eigenvalue weighted by Crippen LogP contribution is -2.67. The smallest absolute Gasteiger partial charge is 0.255 e. The van der Waals surface area contributed by atoms with Crippen LogP contribution in [0.2, 0.25) is 0 Å². The zero-order valence-corrected chi connectivity index (χ0v) is 21.0. The van der Waals surface area contributed by atoms with Crippen LogP contribution < -0.4 is 9.47 Å². The second kappa shape index (κ2) is 9.50. The average Bonchev–Trinajstić information content (AvgIpc) is 3.28. The van der Waals surface area contributed by atoms with Gasteiger partial charge < -0.3 is 29.4 Å². The highest BCUT2D eigenvalue weighted by Gasteiger charge is 2.56. The highest BCUT2D eigenvalue weighted by atomic mass is 16.5. The maximum Gasteiger partial charge on any atom is 0.255 e. The van der Waals surface area contributed by atoms with Crippen LogP contribution in [0.5, 0.6) is 11.5 Å². The second-order valence-electron chi connectivity index (χ2n) is 9.53. The molecular weight excluding hydrogens is 458 g/mol. The number of aliphatic hydroxyl groups excluding tert-OH is 1. The number of carbonyl (C=O) groups is 2. The molecule has 5 rings (SSSR count). The first-order valence-electron chi connectivity index (χ1n) is 12.6. The number of aromatic nitrogens is 1. The number of β-amino-alcohol motifs (C(OH)–C–C–N with tert-alkyl or cyclic N) is 1. The molecule has 0 bridgehead atoms. The summed E-state index contributed by atoms with van der Waals surface area (Å²) in [5, 5.41) is 10.5. The normalized spacial score (nSPS) is 21.5. The fourth-order valence-electron chi connectivity index (χ4n) is 5.62. The number of rotatable bonds is 8. The van der Waals surface area contributed by atoms with E-state index in [1.165, 1.54) is 4.90 Å². The number of H-pyrrole nitrogens is 1. The van der Waals surface area contributed by atoms with E-state index in [0.717, 1.165) is 34.1 Å². The third-order valence-corrected chi connectivity index (χ3v) is 7.32. The number of nitrogens with zero attached hydrogens (tertiary/aromatic N) is 2. The van der Waals surface area contributed by atoms with E-state index in [1.807, 2.05) is 50.2 Å². The zero-order valence-electron chi connectivity index (χ0n) is 21.0. The number of benzene rings is 2. The van der Waals surface area contributed by atoms with Gasteiger partial charge in [0.25, 0.3) is 5.91 Å². The van der Waals surface area contributed by atoms with Crippen LogP contribution in [0.15, 0.2) is 42.5 Å². The van der Waals surface area contributed by atoms with Gasteiger partial charge >= 0.3 is 0 Å². The summed E-state index contributed by atoms with van der Waals surface area (Å²) in [7, 11) is 0. The maximum absolute atomic E-state index is 13.7. The Morgan fingerprint density at radius 1 is 1.11 bits per heavy atom. The highest BCUT2D eigenvalue weighted by molar-refractivity contribution is 6.01. The largest absolute Gasteiger partial charge is 0.490 e. The molecule has 1 aromatic heterocycles. The number of amides is 2. The van der Waals surface area contributed by atoms with Crippen molar-refractivity contribution in [1.29, 1.82) is 0 Å². The molecule has 2 aliphatic rings. The summed E-state index contributed by atoms with van der Waals surface area (Å²) in [6.07, 6.45) is 0.894. The van der Waals surface area contributed by atoms with Crippen LogP contribution in [0.25, 0.3) is 10.9 Å². The molecule has 1 saturated heterocycles. The molecule has 2 aliphatic heterocycles. The van der Waals surface area contributed by atoms with Crippen LogP contribution >= 0.6 is 0 Å². The lowest BCUT2D eigenvalue weighted by molar-refractivity contribution is -0.166. The minimum Gasteiger partial charge on any atom is -0.490 e. The Kier molecular flexibility index (Phi) is 6.38. The van der Waals surface area contributed by atoms with E-state index in [9.17, 15) is 14.7 Å². The number of ether oxygens (including phenoxy) is 2. The molecule has 2 atom stereocenters. The van der Waals surface area contributed by atoms with E-state index < -0.39 is 5.54 Å². The molecule has 0 aliphatic carbocycles. The molecule has 3 aromatic rings.